The van der Waals surface area contributed by atoms with Crippen LogP contribution < -0.4 is 15.4 Å². The maximum Gasteiger partial charge on any atom is 0.273 e. The molecule has 0 radical (unpaired) electrons. The van der Waals surface area contributed by atoms with Gasteiger partial charge in [-0.25, -0.2) is 0 Å². The summed E-state index contributed by atoms with van der Waals surface area (Å²) in [6.45, 7) is 5.66. The largest absolute Gasteiger partial charge is 0.494 e. The van der Waals surface area contributed by atoms with Crippen LogP contribution in [0.25, 0.3) is 5.69 Å². The molecule has 2 N–H and O–H groups in total. The molecule has 2 atom stereocenters. The first-order valence-corrected chi connectivity index (χ1v) is 13.6. The van der Waals surface area contributed by atoms with E-state index in [9.17, 15) is 10.1 Å². The molecule has 0 aliphatic carbocycles. The summed E-state index contributed by atoms with van der Waals surface area (Å²) in [6.07, 6.45) is 2.69. The van der Waals surface area contributed by atoms with Crippen molar-refractivity contribution in [2.75, 3.05) is 25.5 Å². The predicted molar refractivity (Wildman–Crippen MR) is 160 cm³/mol. The Hall–Kier alpha value is -4.44. The number of nitro groups is 1. The zero-order chi connectivity index (χ0) is 28.2. The molecule has 2 aromatic heterocycles. The van der Waals surface area contributed by atoms with Gasteiger partial charge in [-0.2, -0.15) is 0 Å². The van der Waals surface area contributed by atoms with Crippen LogP contribution in [-0.2, 0) is 0 Å². The van der Waals surface area contributed by atoms with E-state index in [1.54, 1.807) is 12.3 Å². The Kier molecular flexibility index (Phi) is 7.97. The molecular formula is C30H32N6O3S. The van der Waals surface area contributed by atoms with E-state index in [0.717, 1.165) is 53.5 Å². The molecule has 4 aromatic rings. The van der Waals surface area contributed by atoms with E-state index >= 15 is 0 Å². The van der Waals surface area contributed by atoms with Crippen molar-refractivity contribution in [1.82, 2.24) is 19.8 Å². The van der Waals surface area contributed by atoms with Crippen LogP contribution in [0, 0.1) is 24.0 Å². The van der Waals surface area contributed by atoms with Crippen molar-refractivity contribution in [3.8, 4) is 11.4 Å². The van der Waals surface area contributed by atoms with Crippen LogP contribution in [-0.4, -0.2) is 44.7 Å². The zero-order valence-corrected chi connectivity index (χ0v) is 23.5. The fraction of sp³-hybridized carbons (Fsp3) is 0.267. The van der Waals surface area contributed by atoms with Gasteiger partial charge in [0, 0.05) is 42.4 Å². The van der Waals surface area contributed by atoms with Gasteiger partial charge >= 0.3 is 0 Å². The summed E-state index contributed by atoms with van der Waals surface area (Å²) in [7, 11) is 1.53. The second-order valence-electron chi connectivity index (χ2n) is 9.74. The van der Waals surface area contributed by atoms with Crippen LogP contribution in [0.3, 0.4) is 0 Å². The molecule has 0 spiro atoms. The van der Waals surface area contributed by atoms with Gasteiger partial charge in [0.15, 0.2) is 5.11 Å². The number of rotatable bonds is 10. The van der Waals surface area contributed by atoms with Gasteiger partial charge in [0.25, 0.3) is 5.69 Å². The molecule has 5 rings (SSSR count). The quantitative estimate of drug-likeness (QED) is 0.108. The molecule has 3 heterocycles. The van der Waals surface area contributed by atoms with Crippen LogP contribution >= 0.6 is 12.2 Å². The number of anilines is 1. The Morgan fingerprint density at radius 1 is 1.10 bits per heavy atom. The van der Waals surface area contributed by atoms with Crippen molar-refractivity contribution < 1.29 is 9.66 Å². The van der Waals surface area contributed by atoms with Crippen molar-refractivity contribution in [3.63, 3.8) is 0 Å². The van der Waals surface area contributed by atoms with Crippen LogP contribution in [0.4, 0.5) is 11.4 Å². The lowest BCUT2D eigenvalue weighted by molar-refractivity contribution is -0.384. The lowest BCUT2D eigenvalue weighted by atomic mass is 9.96. The summed E-state index contributed by atoms with van der Waals surface area (Å²) in [6, 6.07) is 22.7. The highest BCUT2D eigenvalue weighted by molar-refractivity contribution is 7.80. The Morgan fingerprint density at radius 2 is 1.88 bits per heavy atom. The minimum Gasteiger partial charge on any atom is -0.494 e. The zero-order valence-electron chi connectivity index (χ0n) is 22.7. The molecule has 40 heavy (non-hydrogen) atoms. The number of ether oxygens (including phenoxy) is 1. The topological polar surface area (TPSA) is 97.5 Å². The van der Waals surface area contributed by atoms with Crippen LogP contribution in [0.1, 0.15) is 41.1 Å². The minimum absolute atomic E-state index is 0.0147. The average molecular weight is 557 g/mol. The second kappa shape index (κ2) is 11.7. The SMILES string of the molecule is COc1cc([N+](=O)[O-])ccc1-n1c(C)cc([C@@H]2[C@H](c3ccccn3)NC(=S)N2CCCNc2ccccc2)c1C. The summed E-state index contributed by atoms with van der Waals surface area (Å²) in [5.41, 5.74) is 5.84. The van der Waals surface area contributed by atoms with E-state index in [-0.39, 0.29) is 17.8 Å². The van der Waals surface area contributed by atoms with Gasteiger partial charge in [0.2, 0.25) is 0 Å². The van der Waals surface area contributed by atoms with Crippen LogP contribution in [0.5, 0.6) is 5.75 Å². The molecule has 1 aliphatic rings. The minimum atomic E-state index is -0.416. The van der Waals surface area contributed by atoms with Crippen molar-refractivity contribution in [2.24, 2.45) is 0 Å². The van der Waals surface area contributed by atoms with E-state index in [0.29, 0.717) is 10.9 Å². The predicted octanol–water partition coefficient (Wildman–Crippen LogP) is 5.88. The van der Waals surface area contributed by atoms with Gasteiger partial charge in [-0.05, 0) is 74.4 Å². The molecule has 9 nitrogen and oxygen atoms in total. The maximum atomic E-state index is 11.4. The number of hydrogen-bond acceptors (Lipinski definition) is 6. The summed E-state index contributed by atoms with van der Waals surface area (Å²) in [5, 5.41) is 19.1. The molecule has 0 saturated carbocycles. The monoisotopic (exact) mass is 556 g/mol. The van der Waals surface area contributed by atoms with E-state index in [4.69, 9.17) is 17.0 Å². The highest BCUT2D eigenvalue weighted by Gasteiger charge is 2.41. The Morgan fingerprint density at radius 3 is 2.58 bits per heavy atom. The van der Waals surface area contributed by atoms with Crippen molar-refractivity contribution in [3.05, 3.63) is 112 Å². The number of benzene rings is 2. The van der Waals surface area contributed by atoms with Crippen molar-refractivity contribution >= 4 is 28.7 Å². The number of nitrogens with zero attached hydrogens (tertiary/aromatic N) is 4. The molecule has 2 aromatic carbocycles. The average Bonchev–Trinajstić information content (AvgIpc) is 3.45. The van der Waals surface area contributed by atoms with Gasteiger partial charge in [0.1, 0.15) is 5.75 Å². The lowest BCUT2D eigenvalue weighted by Crippen LogP contribution is -2.31. The number of aryl methyl sites for hydroxylation is 1. The Balaban J connectivity index is 1.49. The van der Waals surface area contributed by atoms with E-state index < -0.39 is 4.92 Å². The molecule has 1 fully saturated rings. The fourth-order valence-corrected chi connectivity index (χ4v) is 5.78. The van der Waals surface area contributed by atoms with Gasteiger partial charge in [-0.15, -0.1) is 0 Å². The number of aromatic nitrogens is 2. The number of para-hydroxylation sites is 1. The number of hydrogen-bond donors (Lipinski definition) is 2. The molecule has 0 unspecified atom stereocenters. The molecule has 0 amide bonds. The molecular weight excluding hydrogens is 524 g/mol. The number of nitrogens with one attached hydrogen (secondary N) is 2. The van der Waals surface area contributed by atoms with Gasteiger partial charge in [0.05, 0.1) is 41.6 Å². The number of methoxy groups -OCH3 is 1. The van der Waals surface area contributed by atoms with E-state index in [1.807, 2.05) is 43.3 Å². The van der Waals surface area contributed by atoms with Crippen molar-refractivity contribution in [1.29, 1.82) is 0 Å². The molecule has 0 bridgehead atoms. The third kappa shape index (κ3) is 5.35. The normalized spacial score (nSPS) is 16.6. The number of thiocarbonyl (C=S) groups is 1. The van der Waals surface area contributed by atoms with Crippen LogP contribution in [0.15, 0.2) is 79.0 Å². The first-order valence-electron chi connectivity index (χ1n) is 13.2. The molecule has 1 aliphatic heterocycles. The summed E-state index contributed by atoms with van der Waals surface area (Å²) < 4.78 is 7.67. The fourth-order valence-electron chi connectivity index (χ4n) is 5.45. The van der Waals surface area contributed by atoms with E-state index in [2.05, 4.69) is 50.2 Å². The lowest BCUT2D eigenvalue weighted by Gasteiger charge is -2.28. The highest BCUT2D eigenvalue weighted by Crippen LogP contribution is 2.42. The van der Waals surface area contributed by atoms with E-state index in [1.165, 1.54) is 19.2 Å². The summed E-state index contributed by atoms with van der Waals surface area (Å²) >= 11 is 5.87. The Bertz CT molecular complexity index is 1510. The Labute approximate surface area is 239 Å². The van der Waals surface area contributed by atoms with Gasteiger partial charge in [-0.3, -0.25) is 15.1 Å². The first kappa shape index (κ1) is 27.1. The first-order chi connectivity index (χ1) is 19.4. The summed E-state index contributed by atoms with van der Waals surface area (Å²) in [5.74, 6) is 0.438. The number of nitro benzene ring substituents is 1. The third-order valence-corrected chi connectivity index (χ3v) is 7.63. The highest BCUT2D eigenvalue weighted by atomic mass is 32.1. The van der Waals surface area contributed by atoms with Crippen molar-refractivity contribution in [2.45, 2.75) is 32.4 Å². The maximum absolute atomic E-state index is 11.4. The molecule has 10 heteroatoms. The second-order valence-corrected chi connectivity index (χ2v) is 10.1. The standard InChI is InChI=1S/C30H32N6O3S/c1-20-18-24(21(2)35(20)26-14-13-23(36(37)38)19-27(26)39-3)29-28(25-12-7-8-15-32-25)33-30(40)34(29)17-9-16-31-22-10-5-4-6-11-22/h4-8,10-15,18-19,28-29,31H,9,16-17H2,1-3H3,(H,33,40)/t28-,29+/m0/s1. The number of non-ortho nitro benzene ring substituents is 1. The number of pyridine rings is 1. The third-order valence-electron chi connectivity index (χ3n) is 7.28. The van der Waals surface area contributed by atoms with Crippen LogP contribution in [0.2, 0.25) is 0 Å². The van der Waals surface area contributed by atoms with Gasteiger partial charge < -0.3 is 24.8 Å². The molecule has 206 valence electrons. The molecule has 1 saturated heterocycles. The summed E-state index contributed by atoms with van der Waals surface area (Å²) in [4.78, 5) is 17.9. The van der Waals surface area contributed by atoms with Gasteiger partial charge in [-0.1, -0.05) is 24.3 Å². The smallest absolute Gasteiger partial charge is 0.273 e.